The molecule has 16 heavy (non-hydrogen) atoms. The van der Waals surface area contributed by atoms with Crippen LogP contribution < -0.4 is 5.32 Å². The van der Waals surface area contributed by atoms with Crippen molar-refractivity contribution in [1.82, 2.24) is 5.32 Å². The van der Waals surface area contributed by atoms with Crippen molar-refractivity contribution in [2.45, 2.75) is 32.7 Å². The van der Waals surface area contributed by atoms with Crippen LogP contribution >= 0.6 is 0 Å². The van der Waals surface area contributed by atoms with Crippen LogP contribution in [0.1, 0.15) is 24.5 Å². The first-order valence-corrected chi connectivity index (χ1v) is 5.59. The molecule has 1 atom stereocenters. The van der Waals surface area contributed by atoms with Gasteiger partial charge in [-0.2, -0.15) is 0 Å². The fourth-order valence-corrected chi connectivity index (χ4v) is 1.68. The minimum atomic E-state index is -0.754. The highest BCUT2D eigenvalue weighted by Gasteiger charge is 2.06. The summed E-state index contributed by atoms with van der Waals surface area (Å²) < 4.78 is 0. The molecule has 0 spiro atoms. The number of nitrogens with one attached hydrogen (secondary N) is 1. The molecular formula is C13H19NO2. The summed E-state index contributed by atoms with van der Waals surface area (Å²) in [6.45, 7) is 4.81. The van der Waals surface area contributed by atoms with Crippen molar-refractivity contribution in [1.29, 1.82) is 0 Å². The van der Waals surface area contributed by atoms with Gasteiger partial charge in [0, 0.05) is 6.04 Å². The summed E-state index contributed by atoms with van der Waals surface area (Å²) >= 11 is 0. The topological polar surface area (TPSA) is 49.3 Å². The molecule has 0 aromatic heterocycles. The number of aryl methyl sites for hydroxylation is 1. The van der Waals surface area contributed by atoms with Crippen LogP contribution in [-0.4, -0.2) is 23.7 Å². The van der Waals surface area contributed by atoms with E-state index in [1.165, 1.54) is 11.1 Å². The van der Waals surface area contributed by atoms with Crippen molar-refractivity contribution in [3.8, 4) is 0 Å². The Morgan fingerprint density at radius 1 is 1.44 bits per heavy atom. The van der Waals surface area contributed by atoms with Crippen LogP contribution in [0, 0.1) is 6.92 Å². The summed E-state index contributed by atoms with van der Waals surface area (Å²) in [4.78, 5) is 10.5. The zero-order valence-electron chi connectivity index (χ0n) is 9.86. The van der Waals surface area contributed by atoms with E-state index in [1.807, 2.05) is 19.1 Å². The Hall–Kier alpha value is -1.35. The second kappa shape index (κ2) is 6.28. The molecule has 0 heterocycles. The molecule has 2 N–H and O–H groups in total. The van der Waals surface area contributed by atoms with E-state index >= 15 is 0 Å². The number of carbonyl (C=O) groups is 1. The van der Waals surface area contributed by atoms with Crippen LogP contribution in [0.3, 0.4) is 0 Å². The molecule has 0 aliphatic carbocycles. The Bertz CT molecular complexity index is 350. The van der Waals surface area contributed by atoms with Gasteiger partial charge in [0.25, 0.3) is 0 Å². The maximum absolute atomic E-state index is 10.5. The minimum Gasteiger partial charge on any atom is -0.481 e. The van der Waals surface area contributed by atoms with E-state index in [9.17, 15) is 4.79 Å². The highest BCUT2D eigenvalue weighted by Crippen LogP contribution is 2.07. The molecule has 88 valence electrons. The lowest BCUT2D eigenvalue weighted by Gasteiger charge is -2.12. The number of aliphatic carboxylic acids is 1. The molecule has 0 aliphatic rings. The van der Waals surface area contributed by atoms with Gasteiger partial charge in [0.1, 0.15) is 0 Å². The fraction of sp³-hybridized carbons (Fsp3) is 0.462. The Balaban J connectivity index is 2.30. The number of rotatable bonds is 6. The summed E-state index contributed by atoms with van der Waals surface area (Å²) in [5.74, 6) is -0.754. The Morgan fingerprint density at radius 3 is 2.75 bits per heavy atom. The van der Waals surface area contributed by atoms with Gasteiger partial charge in [-0.3, -0.25) is 4.79 Å². The maximum atomic E-state index is 10.5. The predicted molar refractivity (Wildman–Crippen MR) is 64.6 cm³/mol. The van der Waals surface area contributed by atoms with Gasteiger partial charge in [-0.05, 0) is 37.9 Å². The Labute approximate surface area is 96.5 Å². The molecule has 1 aromatic carbocycles. The molecule has 0 saturated heterocycles. The first kappa shape index (κ1) is 12.7. The normalized spacial score (nSPS) is 12.4. The fourth-order valence-electron chi connectivity index (χ4n) is 1.68. The van der Waals surface area contributed by atoms with Gasteiger partial charge in [-0.25, -0.2) is 0 Å². The number of hydrogen-bond acceptors (Lipinski definition) is 2. The van der Waals surface area contributed by atoms with Crippen molar-refractivity contribution >= 4 is 5.97 Å². The SMILES string of the molecule is Cc1ccccc1CCNC(C)CC(=O)O. The van der Waals surface area contributed by atoms with Gasteiger partial charge in [-0.1, -0.05) is 24.3 Å². The molecule has 1 rings (SSSR count). The first-order valence-electron chi connectivity index (χ1n) is 5.59. The van der Waals surface area contributed by atoms with E-state index in [2.05, 4.69) is 24.4 Å². The van der Waals surface area contributed by atoms with E-state index in [0.29, 0.717) is 0 Å². The van der Waals surface area contributed by atoms with Gasteiger partial charge in [0.15, 0.2) is 0 Å². The van der Waals surface area contributed by atoms with Gasteiger partial charge < -0.3 is 10.4 Å². The van der Waals surface area contributed by atoms with Gasteiger partial charge in [-0.15, -0.1) is 0 Å². The number of carboxylic acid groups (broad SMARTS) is 1. The van der Waals surface area contributed by atoms with Crippen LogP contribution in [0.5, 0.6) is 0 Å². The van der Waals surface area contributed by atoms with Crippen molar-refractivity contribution in [2.75, 3.05) is 6.54 Å². The summed E-state index contributed by atoms with van der Waals surface area (Å²) in [7, 11) is 0. The lowest BCUT2D eigenvalue weighted by atomic mass is 10.1. The monoisotopic (exact) mass is 221 g/mol. The summed E-state index contributed by atoms with van der Waals surface area (Å²) in [5, 5.41) is 11.8. The average molecular weight is 221 g/mol. The van der Waals surface area contributed by atoms with E-state index in [1.54, 1.807) is 0 Å². The van der Waals surface area contributed by atoms with Crippen LogP contribution in [0.25, 0.3) is 0 Å². The predicted octanol–water partition coefficient (Wildman–Crippen LogP) is 1.99. The summed E-state index contributed by atoms with van der Waals surface area (Å²) in [6, 6.07) is 8.29. The zero-order chi connectivity index (χ0) is 12.0. The third kappa shape index (κ3) is 4.45. The molecule has 3 nitrogen and oxygen atoms in total. The average Bonchev–Trinajstić information content (AvgIpc) is 2.19. The maximum Gasteiger partial charge on any atom is 0.304 e. The lowest BCUT2D eigenvalue weighted by molar-refractivity contribution is -0.137. The standard InChI is InChI=1S/C13H19NO2/c1-10-5-3-4-6-12(10)7-8-14-11(2)9-13(15)16/h3-6,11,14H,7-9H2,1-2H3,(H,15,16). The largest absolute Gasteiger partial charge is 0.481 e. The Kier molecular flexibility index (Phi) is 4.99. The smallest absolute Gasteiger partial charge is 0.304 e. The molecule has 1 unspecified atom stereocenters. The van der Waals surface area contributed by atoms with Gasteiger partial charge >= 0.3 is 5.97 Å². The molecule has 0 bridgehead atoms. The minimum absolute atomic E-state index is 0.0292. The van der Waals surface area contributed by atoms with E-state index in [-0.39, 0.29) is 12.5 Å². The Morgan fingerprint density at radius 2 is 2.12 bits per heavy atom. The van der Waals surface area contributed by atoms with Crippen molar-refractivity contribution in [2.24, 2.45) is 0 Å². The lowest BCUT2D eigenvalue weighted by Crippen LogP contribution is -2.30. The van der Waals surface area contributed by atoms with E-state index in [0.717, 1.165) is 13.0 Å². The van der Waals surface area contributed by atoms with Crippen LogP contribution in [-0.2, 0) is 11.2 Å². The number of carboxylic acids is 1. The second-order valence-corrected chi connectivity index (χ2v) is 4.13. The first-order chi connectivity index (χ1) is 7.59. The second-order valence-electron chi connectivity index (χ2n) is 4.13. The van der Waals surface area contributed by atoms with Crippen molar-refractivity contribution in [3.05, 3.63) is 35.4 Å². The van der Waals surface area contributed by atoms with Gasteiger partial charge in [0.05, 0.1) is 6.42 Å². The highest BCUT2D eigenvalue weighted by atomic mass is 16.4. The molecule has 0 saturated carbocycles. The molecule has 0 aliphatic heterocycles. The molecule has 3 heteroatoms. The number of hydrogen-bond donors (Lipinski definition) is 2. The van der Waals surface area contributed by atoms with Crippen LogP contribution in [0.4, 0.5) is 0 Å². The zero-order valence-corrected chi connectivity index (χ0v) is 9.86. The van der Waals surface area contributed by atoms with Crippen molar-refractivity contribution in [3.63, 3.8) is 0 Å². The van der Waals surface area contributed by atoms with Gasteiger partial charge in [0.2, 0.25) is 0 Å². The number of benzene rings is 1. The third-order valence-electron chi connectivity index (χ3n) is 2.63. The summed E-state index contributed by atoms with van der Waals surface area (Å²) in [5.41, 5.74) is 2.60. The van der Waals surface area contributed by atoms with Crippen LogP contribution in [0.15, 0.2) is 24.3 Å². The van der Waals surface area contributed by atoms with E-state index < -0.39 is 5.97 Å². The van der Waals surface area contributed by atoms with Crippen molar-refractivity contribution < 1.29 is 9.90 Å². The highest BCUT2D eigenvalue weighted by molar-refractivity contribution is 5.67. The molecule has 0 amide bonds. The quantitative estimate of drug-likeness (QED) is 0.772. The molecule has 1 aromatic rings. The molecule has 0 radical (unpaired) electrons. The van der Waals surface area contributed by atoms with Crippen LogP contribution in [0.2, 0.25) is 0 Å². The van der Waals surface area contributed by atoms with E-state index in [4.69, 9.17) is 5.11 Å². The molecular weight excluding hydrogens is 202 g/mol. The third-order valence-corrected chi connectivity index (χ3v) is 2.63. The summed E-state index contributed by atoms with van der Waals surface area (Å²) in [6.07, 6.45) is 1.12. The molecule has 0 fully saturated rings.